The van der Waals surface area contributed by atoms with Gasteiger partial charge in [-0.2, -0.15) is 0 Å². The van der Waals surface area contributed by atoms with Gasteiger partial charge < -0.3 is 5.32 Å². The number of carbonyl (C=O) groups is 1. The molecule has 0 aliphatic carbocycles. The van der Waals surface area contributed by atoms with Crippen LogP contribution in [0, 0.1) is 5.92 Å². The van der Waals surface area contributed by atoms with Crippen molar-refractivity contribution >= 4 is 27.5 Å². The zero-order valence-corrected chi connectivity index (χ0v) is 16.5. The van der Waals surface area contributed by atoms with Crippen LogP contribution in [0.2, 0.25) is 5.02 Å². The van der Waals surface area contributed by atoms with E-state index in [1.807, 2.05) is 6.92 Å². The summed E-state index contributed by atoms with van der Waals surface area (Å²) in [5.41, 5.74) is 0.288. The van der Waals surface area contributed by atoms with Gasteiger partial charge >= 0.3 is 0 Å². The Balaban J connectivity index is 2.86. The quantitative estimate of drug-likeness (QED) is 0.756. The van der Waals surface area contributed by atoms with Gasteiger partial charge in [0.25, 0.3) is 5.91 Å². The first kappa shape index (κ1) is 20.9. The molecule has 5 nitrogen and oxygen atoms in total. The van der Waals surface area contributed by atoms with Crippen molar-refractivity contribution in [2.75, 3.05) is 14.1 Å². The maximum atomic E-state index is 12.3. The minimum absolute atomic E-state index is 0.0285. The number of benzene rings is 1. The molecule has 1 aromatic rings. The second-order valence-electron chi connectivity index (χ2n) is 6.63. The molecule has 0 bridgehead atoms. The average molecular weight is 375 g/mol. The van der Waals surface area contributed by atoms with Gasteiger partial charge in [-0.25, -0.2) is 12.7 Å². The first-order chi connectivity index (χ1) is 11.1. The Labute approximate surface area is 150 Å². The molecule has 0 fully saturated rings. The minimum atomic E-state index is -3.69. The van der Waals surface area contributed by atoms with Gasteiger partial charge in [-0.3, -0.25) is 4.79 Å². The predicted octanol–water partition coefficient (Wildman–Crippen LogP) is 3.53. The standard InChI is InChI=1S/C17H27ClN2O3S/c1-12(2)7-6-8-13(3)19-17(21)14-9-10-15(18)16(11-14)24(22,23)20(4)5/h9-13H,6-8H2,1-5H3,(H,19,21). The van der Waals surface area contributed by atoms with Gasteiger partial charge in [0.05, 0.1) is 5.02 Å². The molecule has 0 aromatic heterocycles. The summed E-state index contributed by atoms with van der Waals surface area (Å²) in [6.45, 7) is 6.29. The van der Waals surface area contributed by atoms with Crippen LogP contribution in [0.25, 0.3) is 0 Å². The fourth-order valence-electron chi connectivity index (χ4n) is 2.25. The van der Waals surface area contributed by atoms with Crippen molar-refractivity contribution in [2.45, 2.75) is 51.0 Å². The van der Waals surface area contributed by atoms with Gasteiger partial charge in [0, 0.05) is 25.7 Å². The van der Waals surface area contributed by atoms with Gasteiger partial charge in [-0.05, 0) is 37.5 Å². The lowest BCUT2D eigenvalue weighted by Gasteiger charge is -2.16. The third kappa shape index (κ3) is 5.76. The second-order valence-corrected chi connectivity index (χ2v) is 9.16. The minimum Gasteiger partial charge on any atom is -0.350 e. The summed E-state index contributed by atoms with van der Waals surface area (Å²) in [6, 6.07) is 4.33. The van der Waals surface area contributed by atoms with Crippen LogP contribution >= 0.6 is 11.6 Å². The molecular weight excluding hydrogens is 348 g/mol. The molecule has 24 heavy (non-hydrogen) atoms. The molecule has 0 radical (unpaired) electrons. The second kappa shape index (κ2) is 8.83. The highest BCUT2D eigenvalue weighted by atomic mass is 35.5. The lowest BCUT2D eigenvalue weighted by atomic mass is 10.0. The number of nitrogens with one attached hydrogen (secondary N) is 1. The number of halogens is 1. The molecule has 1 N–H and O–H groups in total. The molecule has 0 spiro atoms. The van der Waals surface area contributed by atoms with Crippen molar-refractivity contribution in [3.63, 3.8) is 0 Å². The van der Waals surface area contributed by atoms with Crippen molar-refractivity contribution in [3.05, 3.63) is 28.8 Å². The Morgan fingerprint density at radius 1 is 1.21 bits per heavy atom. The molecule has 0 heterocycles. The van der Waals surface area contributed by atoms with E-state index in [9.17, 15) is 13.2 Å². The highest BCUT2D eigenvalue weighted by Gasteiger charge is 2.22. The number of rotatable bonds is 8. The fourth-order valence-corrected chi connectivity index (χ4v) is 3.64. The molecule has 1 amide bonds. The lowest BCUT2D eigenvalue weighted by molar-refractivity contribution is 0.0937. The molecule has 1 unspecified atom stereocenters. The van der Waals surface area contributed by atoms with Gasteiger partial charge in [-0.1, -0.05) is 38.3 Å². The number of hydrogen-bond acceptors (Lipinski definition) is 3. The van der Waals surface area contributed by atoms with E-state index in [1.54, 1.807) is 0 Å². The number of carbonyl (C=O) groups excluding carboxylic acids is 1. The fraction of sp³-hybridized carbons (Fsp3) is 0.588. The van der Waals surface area contributed by atoms with Crippen molar-refractivity contribution < 1.29 is 13.2 Å². The van der Waals surface area contributed by atoms with E-state index in [-0.39, 0.29) is 27.4 Å². The number of sulfonamides is 1. The molecule has 1 aromatic carbocycles. The van der Waals surface area contributed by atoms with Crippen molar-refractivity contribution in [2.24, 2.45) is 5.92 Å². The first-order valence-corrected chi connectivity index (χ1v) is 9.90. The van der Waals surface area contributed by atoms with Gasteiger partial charge in [0.1, 0.15) is 4.90 Å². The van der Waals surface area contributed by atoms with Crippen molar-refractivity contribution in [1.82, 2.24) is 9.62 Å². The van der Waals surface area contributed by atoms with E-state index in [2.05, 4.69) is 19.2 Å². The van der Waals surface area contributed by atoms with Crippen LogP contribution in [0.5, 0.6) is 0 Å². The van der Waals surface area contributed by atoms with Crippen LogP contribution in [0.4, 0.5) is 0 Å². The SMILES string of the molecule is CC(C)CCCC(C)NC(=O)c1ccc(Cl)c(S(=O)(=O)N(C)C)c1. The van der Waals surface area contributed by atoms with Gasteiger partial charge in [-0.15, -0.1) is 0 Å². The monoisotopic (exact) mass is 374 g/mol. The molecule has 0 aliphatic heterocycles. The molecule has 0 saturated carbocycles. The highest BCUT2D eigenvalue weighted by Crippen LogP contribution is 2.24. The Kier molecular flexibility index (Phi) is 7.70. The maximum Gasteiger partial charge on any atom is 0.251 e. The molecule has 0 aliphatic rings. The number of amides is 1. The van der Waals surface area contributed by atoms with Crippen LogP contribution < -0.4 is 5.32 Å². The largest absolute Gasteiger partial charge is 0.350 e. The number of hydrogen-bond donors (Lipinski definition) is 1. The van der Waals surface area contributed by atoms with E-state index < -0.39 is 10.0 Å². The molecule has 136 valence electrons. The Hall–Kier alpha value is -1.11. The summed E-state index contributed by atoms with van der Waals surface area (Å²) in [5, 5.41) is 3.01. The predicted molar refractivity (Wildman–Crippen MR) is 97.9 cm³/mol. The topological polar surface area (TPSA) is 66.5 Å². The summed E-state index contributed by atoms with van der Waals surface area (Å²) >= 11 is 6.00. The van der Waals surface area contributed by atoms with Crippen LogP contribution in [0.15, 0.2) is 23.1 Å². The van der Waals surface area contributed by atoms with Crippen LogP contribution in [-0.4, -0.2) is 38.8 Å². The molecule has 1 atom stereocenters. The van der Waals surface area contributed by atoms with Gasteiger partial charge in [0.15, 0.2) is 0 Å². The number of nitrogens with zero attached hydrogens (tertiary/aromatic N) is 1. The first-order valence-electron chi connectivity index (χ1n) is 8.08. The zero-order valence-electron chi connectivity index (χ0n) is 15.0. The van der Waals surface area contributed by atoms with E-state index >= 15 is 0 Å². The molecule has 7 heteroatoms. The normalized spacial score (nSPS) is 13.3. The summed E-state index contributed by atoms with van der Waals surface area (Å²) in [6.07, 6.45) is 3.05. The van der Waals surface area contributed by atoms with Gasteiger partial charge in [0.2, 0.25) is 10.0 Å². The van der Waals surface area contributed by atoms with Crippen LogP contribution in [-0.2, 0) is 10.0 Å². The summed E-state index contributed by atoms with van der Waals surface area (Å²) in [5.74, 6) is 0.349. The summed E-state index contributed by atoms with van der Waals surface area (Å²) < 4.78 is 25.6. The maximum absolute atomic E-state index is 12.3. The Morgan fingerprint density at radius 3 is 2.38 bits per heavy atom. The summed E-state index contributed by atoms with van der Waals surface area (Å²) in [4.78, 5) is 12.3. The molecular formula is C17H27ClN2O3S. The third-order valence-electron chi connectivity index (χ3n) is 3.75. The van der Waals surface area contributed by atoms with E-state index in [4.69, 9.17) is 11.6 Å². The highest BCUT2D eigenvalue weighted by molar-refractivity contribution is 7.89. The Morgan fingerprint density at radius 2 is 1.83 bits per heavy atom. The van der Waals surface area contributed by atoms with E-state index in [0.29, 0.717) is 5.92 Å². The van der Waals surface area contributed by atoms with E-state index in [1.165, 1.54) is 32.3 Å². The Bertz CT molecular complexity index is 672. The van der Waals surface area contributed by atoms with Crippen molar-refractivity contribution in [3.8, 4) is 0 Å². The lowest BCUT2D eigenvalue weighted by Crippen LogP contribution is -2.32. The van der Waals surface area contributed by atoms with E-state index in [0.717, 1.165) is 23.6 Å². The molecule has 1 rings (SSSR count). The third-order valence-corrected chi connectivity index (χ3v) is 6.04. The van der Waals surface area contributed by atoms with Crippen LogP contribution in [0.1, 0.15) is 50.4 Å². The molecule has 0 saturated heterocycles. The van der Waals surface area contributed by atoms with Crippen LogP contribution in [0.3, 0.4) is 0 Å². The zero-order chi connectivity index (χ0) is 18.5. The summed E-state index contributed by atoms with van der Waals surface area (Å²) in [7, 11) is -0.843. The smallest absolute Gasteiger partial charge is 0.251 e. The average Bonchev–Trinajstić information content (AvgIpc) is 2.46. The van der Waals surface area contributed by atoms with Crippen molar-refractivity contribution in [1.29, 1.82) is 0 Å².